The predicted octanol–water partition coefficient (Wildman–Crippen LogP) is 3.13. The second kappa shape index (κ2) is 3.91. The summed E-state index contributed by atoms with van der Waals surface area (Å²) in [6.45, 7) is 5.90. The number of aromatic nitrogens is 1. The minimum atomic E-state index is 0.0404. The summed E-state index contributed by atoms with van der Waals surface area (Å²) in [5, 5.41) is 1.21. The fourth-order valence-electron chi connectivity index (χ4n) is 1.89. The molecule has 1 heterocycles. The molecule has 0 saturated carbocycles. The molecule has 0 unspecified atom stereocenters. The van der Waals surface area contributed by atoms with Gasteiger partial charge in [0.1, 0.15) is 0 Å². The van der Waals surface area contributed by atoms with Crippen molar-refractivity contribution in [2.24, 2.45) is 5.73 Å². The van der Waals surface area contributed by atoms with Crippen LogP contribution in [-0.2, 0) is 0 Å². The second-order valence-corrected chi connectivity index (χ2v) is 4.06. The first-order valence-electron chi connectivity index (χ1n) is 5.14. The van der Waals surface area contributed by atoms with Crippen LogP contribution in [0.25, 0.3) is 10.9 Å². The molecule has 0 saturated heterocycles. The predicted molar refractivity (Wildman–Crippen MR) is 64.7 cm³/mol. The smallest absolute Gasteiger partial charge is 0.0457 e. The van der Waals surface area contributed by atoms with Crippen molar-refractivity contribution in [3.63, 3.8) is 0 Å². The molecule has 0 amide bonds. The van der Waals surface area contributed by atoms with Gasteiger partial charge in [-0.05, 0) is 25.0 Å². The van der Waals surface area contributed by atoms with E-state index in [-0.39, 0.29) is 6.04 Å². The summed E-state index contributed by atoms with van der Waals surface area (Å²) < 4.78 is 0. The number of nitrogens with two attached hydrogens (primary N) is 1. The van der Waals surface area contributed by atoms with E-state index in [0.29, 0.717) is 0 Å². The van der Waals surface area contributed by atoms with E-state index in [4.69, 9.17) is 5.73 Å². The minimum absolute atomic E-state index is 0.0404. The van der Waals surface area contributed by atoms with Crippen LogP contribution in [0.5, 0.6) is 0 Å². The lowest BCUT2D eigenvalue weighted by Crippen LogP contribution is -2.09. The van der Waals surface area contributed by atoms with Crippen molar-refractivity contribution in [1.29, 1.82) is 0 Å². The average molecular weight is 200 g/mol. The molecule has 0 radical (unpaired) electrons. The number of benzene rings is 1. The van der Waals surface area contributed by atoms with E-state index in [0.717, 1.165) is 17.5 Å². The molecule has 0 aliphatic heterocycles. The summed E-state index contributed by atoms with van der Waals surface area (Å²) in [7, 11) is 0. The summed E-state index contributed by atoms with van der Waals surface area (Å²) in [5.41, 5.74) is 9.56. The van der Waals surface area contributed by atoms with Crippen LogP contribution in [0.2, 0.25) is 0 Å². The third kappa shape index (κ3) is 1.95. The molecule has 3 N–H and O–H groups in total. The lowest BCUT2D eigenvalue weighted by molar-refractivity contribution is 0.723. The number of H-pyrrole nitrogens is 1. The molecule has 0 aliphatic rings. The summed E-state index contributed by atoms with van der Waals surface area (Å²) >= 11 is 0. The maximum absolute atomic E-state index is 6.13. The van der Waals surface area contributed by atoms with E-state index < -0.39 is 0 Å². The van der Waals surface area contributed by atoms with E-state index in [2.05, 4.69) is 23.7 Å². The lowest BCUT2D eigenvalue weighted by Gasteiger charge is -2.10. The van der Waals surface area contributed by atoms with Crippen LogP contribution in [-0.4, -0.2) is 4.98 Å². The monoisotopic (exact) mass is 200 g/mol. The van der Waals surface area contributed by atoms with E-state index in [9.17, 15) is 0 Å². The van der Waals surface area contributed by atoms with Crippen molar-refractivity contribution in [2.45, 2.75) is 19.4 Å². The zero-order valence-electron chi connectivity index (χ0n) is 8.96. The molecule has 2 rings (SSSR count). The quantitative estimate of drug-likeness (QED) is 0.734. The Morgan fingerprint density at radius 2 is 2.20 bits per heavy atom. The van der Waals surface area contributed by atoms with Gasteiger partial charge in [-0.2, -0.15) is 0 Å². The van der Waals surface area contributed by atoms with Gasteiger partial charge < -0.3 is 10.7 Å². The normalized spacial score (nSPS) is 12.9. The summed E-state index contributed by atoms with van der Waals surface area (Å²) in [5.74, 6) is 0. The van der Waals surface area contributed by atoms with E-state index in [1.807, 2.05) is 25.3 Å². The van der Waals surface area contributed by atoms with Gasteiger partial charge in [0.05, 0.1) is 0 Å². The molecular weight excluding hydrogens is 184 g/mol. The first-order chi connectivity index (χ1) is 7.18. The van der Waals surface area contributed by atoms with Crippen LogP contribution in [0, 0.1) is 0 Å². The van der Waals surface area contributed by atoms with Crippen molar-refractivity contribution >= 4 is 10.9 Å². The van der Waals surface area contributed by atoms with Crippen molar-refractivity contribution in [3.05, 3.63) is 48.2 Å². The summed E-state index contributed by atoms with van der Waals surface area (Å²) in [6, 6.07) is 8.25. The maximum Gasteiger partial charge on any atom is 0.0457 e. The minimum Gasteiger partial charge on any atom is -0.361 e. The SMILES string of the molecule is C=C(C)C[C@@H](N)c1c[nH]c2ccccc12. The average Bonchev–Trinajstić information content (AvgIpc) is 2.59. The highest BCUT2D eigenvalue weighted by molar-refractivity contribution is 5.83. The molecule has 15 heavy (non-hydrogen) atoms. The lowest BCUT2D eigenvalue weighted by atomic mass is 10.0. The molecule has 0 fully saturated rings. The van der Waals surface area contributed by atoms with Crippen molar-refractivity contribution in [3.8, 4) is 0 Å². The van der Waals surface area contributed by atoms with Crippen LogP contribution in [0.1, 0.15) is 24.9 Å². The zero-order valence-corrected chi connectivity index (χ0v) is 8.96. The van der Waals surface area contributed by atoms with Gasteiger partial charge in [-0.25, -0.2) is 0 Å². The van der Waals surface area contributed by atoms with Crippen molar-refractivity contribution in [1.82, 2.24) is 4.98 Å². The van der Waals surface area contributed by atoms with Gasteiger partial charge in [-0.15, -0.1) is 6.58 Å². The fourth-order valence-corrected chi connectivity index (χ4v) is 1.89. The molecule has 2 nitrogen and oxygen atoms in total. The highest BCUT2D eigenvalue weighted by Gasteiger charge is 2.10. The Morgan fingerprint density at radius 3 is 2.93 bits per heavy atom. The third-order valence-corrected chi connectivity index (χ3v) is 2.59. The first-order valence-corrected chi connectivity index (χ1v) is 5.14. The molecule has 0 spiro atoms. The van der Waals surface area contributed by atoms with Gasteiger partial charge >= 0.3 is 0 Å². The van der Waals surface area contributed by atoms with Crippen LogP contribution in [0.3, 0.4) is 0 Å². The van der Waals surface area contributed by atoms with Crippen LogP contribution >= 0.6 is 0 Å². The van der Waals surface area contributed by atoms with Crippen molar-refractivity contribution < 1.29 is 0 Å². The van der Waals surface area contributed by atoms with Crippen LogP contribution in [0.15, 0.2) is 42.6 Å². The first kappa shape index (κ1) is 9.99. The standard InChI is InChI=1S/C13H16N2/c1-9(2)7-12(14)11-8-15-13-6-4-3-5-10(11)13/h3-6,8,12,15H,1,7,14H2,2H3/t12-/m1/s1. The van der Waals surface area contributed by atoms with E-state index >= 15 is 0 Å². The molecule has 1 aromatic heterocycles. The molecule has 2 heteroatoms. The topological polar surface area (TPSA) is 41.8 Å². The molecule has 1 aromatic carbocycles. The zero-order chi connectivity index (χ0) is 10.8. The number of fused-ring (bicyclic) bond motifs is 1. The molecule has 1 atom stereocenters. The van der Waals surface area contributed by atoms with Gasteiger partial charge in [0.15, 0.2) is 0 Å². The number of rotatable bonds is 3. The maximum atomic E-state index is 6.13. The van der Waals surface area contributed by atoms with Gasteiger partial charge in [0.2, 0.25) is 0 Å². The van der Waals surface area contributed by atoms with Gasteiger partial charge in [0.25, 0.3) is 0 Å². The molecular formula is C13H16N2. The Kier molecular flexibility index (Phi) is 2.60. The highest BCUT2D eigenvalue weighted by Crippen LogP contribution is 2.25. The van der Waals surface area contributed by atoms with Gasteiger partial charge in [0, 0.05) is 23.1 Å². The highest BCUT2D eigenvalue weighted by atomic mass is 14.7. The molecule has 0 bridgehead atoms. The summed E-state index contributed by atoms with van der Waals surface area (Å²) in [6.07, 6.45) is 2.83. The van der Waals surface area contributed by atoms with Gasteiger partial charge in [-0.1, -0.05) is 23.8 Å². The molecule has 2 aromatic rings. The number of nitrogens with one attached hydrogen (secondary N) is 1. The van der Waals surface area contributed by atoms with Crippen LogP contribution in [0.4, 0.5) is 0 Å². The van der Waals surface area contributed by atoms with E-state index in [1.165, 1.54) is 10.9 Å². The Bertz CT molecular complexity index is 482. The number of para-hydroxylation sites is 1. The fraction of sp³-hybridized carbons (Fsp3) is 0.231. The van der Waals surface area contributed by atoms with E-state index in [1.54, 1.807) is 0 Å². The Hall–Kier alpha value is -1.54. The molecule has 0 aliphatic carbocycles. The second-order valence-electron chi connectivity index (χ2n) is 4.06. The van der Waals surface area contributed by atoms with Gasteiger partial charge in [-0.3, -0.25) is 0 Å². The Balaban J connectivity index is 2.39. The number of aromatic amines is 1. The Morgan fingerprint density at radius 1 is 1.47 bits per heavy atom. The Labute approximate surface area is 89.8 Å². The third-order valence-electron chi connectivity index (χ3n) is 2.59. The number of hydrogen-bond donors (Lipinski definition) is 2. The largest absolute Gasteiger partial charge is 0.361 e. The van der Waals surface area contributed by atoms with Crippen molar-refractivity contribution in [2.75, 3.05) is 0 Å². The number of hydrogen-bond acceptors (Lipinski definition) is 1. The molecule has 78 valence electrons. The van der Waals surface area contributed by atoms with Crippen LogP contribution < -0.4 is 5.73 Å². The summed E-state index contributed by atoms with van der Waals surface area (Å²) in [4.78, 5) is 3.23.